The zero-order valence-corrected chi connectivity index (χ0v) is 8.68. The Labute approximate surface area is 89.6 Å². The molecule has 0 saturated heterocycles. The van der Waals surface area contributed by atoms with Crippen LogP contribution in [0.2, 0.25) is 0 Å². The fourth-order valence-electron chi connectivity index (χ4n) is 1.40. The van der Waals surface area contributed by atoms with Crippen LogP contribution in [0.3, 0.4) is 0 Å². The molecule has 14 heavy (non-hydrogen) atoms. The van der Waals surface area contributed by atoms with Crippen molar-refractivity contribution in [2.75, 3.05) is 13.3 Å². The molecule has 0 spiro atoms. The van der Waals surface area contributed by atoms with E-state index in [0.29, 0.717) is 6.79 Å². The van der Waals surface area contributed by atoms with E-state index in [2.05, 4.69) is 6.07 Å². The molecular weight excluding hydrogens is 202 g/mol. The maximum Gasteiger partial charge on any atom is 0.231 e. The molecule has 0 fully saturated rings. The molecule has 0 saturated carbocycles. The van der Waals surface area contributed by atoms with Crippen LogP contribution >= 0.6 is 12.4 Å². The van der Waals surface area contributed by atoms with Gasteiger partial charge in [-0.05, 0) is 37.1 Å². The van der Waals surface area contributed by atoms with E-state index in [1.807, 2.05) is 12.1 Å². The highest BCUT2D eigenvalue weighted by Crippen LogP contribution is 2.32. The fraction of sp³-hybridized carbons (Fsp3) is 0.400. The number of benzene rings is 1. The predicted molar refractivity (Wildman–Crippen MR) is 57.2 cm³/mol. The monoisotopic (exact) mass is 215 g/mol. The summed E-state index contributed by atoms with van der Waals surface area (Å²) in [5.41, 5.74) is 6.69. The van der Waals surface area contributed by atoms with Crippen LogP contribution in [0.5, 0.6) is 11.5 Å². The molecule has 1 heterocycles. The van der Waals surface area contributed by atoms with Crippen LogP contribution in [0.4, 0.5) is 0 Å². The second-order valence-corrected chi connectivity index (χ2v) is 3.08. The zero-order chi connectivity index (χ0) is 9.10. The lowest BCUT2D eigenvalue weighted by atomic mass is 10.1. The summed E-state index contributed by atoms with van der Waals surface area (Å²) in [5.74, 6) is 1.70. The Morgan fingerprint density at radius 1 is 1.21 bits per heavy atom. The van der Waals surface area contributed by atoms with Crippen LogP contribution in [-0.2, 0) is 6.42 Å². The van der Waals surface area contributed by atoms with Crippen LogP contribution in [0.15, 0.2) is 18.2 Å². The molecule has 0 bridgehead atoms. The molecule has 1 aromatic carbocycles. The maximum absolute atomic E-state index is 5.43. The number of aryl methyl sites for hydroxylation is 1. The van der Waals surface area contributed by atoms with E-state index in [4.69, 9.17) is 15.2 Å². The first-order chi connectivity index (χ1) is 6.40. The van der Waals surface area contributed by atoms with Crippen molar-refractivity contribution in [1.29, 1.82) is 0 Å². The summed E-state index contributed by atoms with van der Waals surface area (Å²) in [4.78, 5) is 0. The van der Waals surface area contributed by atoms with Crippen molar-refractivity contribution in [2.24, 2.45) is 5.73 Å². The van der Waals surface area contributed by atoms with Gasteiger partial charge >= 0.3 is 0 Å². The van der Waals surface area contributed by atoms with E-state index in [-0.39, 0.29) is 12.4 Å². The standard InChI is InChI=1S/C10H13NO2.ClH/c11-5-1-2-8-3-4-9-10(6-8)13-7-12-9;/h3-4,6H,1-2,5,7,11H2;1H. The van der Waals surface area contributed by atoms with Crippen molar-refractivity contribution >= 4 is 12.4 Å². The van der Waals surface area contributed by atoms with Crippen LogP contribution in [-0.4, -0.2) is 13.3 Å². The van der Waals surface area contributed by atoms with Crippen molar-refractivity contribution < 1.29 is 9.47 Å². The third-order valence-electron chi connectivity index (χ3n) is 2.11. The van der Waals surface area contributed by atoms with Gasteiger partial charge in [0.05, 0.1) is 0 Å². The Morgan fingerprint density at radius 2 is 2.00 bits per heavy atom. The van der Waals surface area contributed by atoms with Crippen LogP contribution < -0.4 is 15.2 Å². The SMILES string of the molecule is Cl.NCCCc1ccc2c(c1)OCO2. The molecular formula is C10H14ClNO2. The van der Waals surface area contributed by atoms with E-state index in [1.165, 1.54) is 5.56 Å². The lowest BCUT2D eigenvalue weighted by Crippen LogP contribution is -2.00. The third-order valence-corrected chi connectivity index (χ3v) is 2.11. The van der Waals surface area contributed by atoms with Gasteiger partial charge in [0.25, 0.3) is 0 Å². The highest BCUT2D eigenvalue weighted by atomic mass is 35.5. The minimum atomic E-state index is 0. The van der Waals surface area contributed by atoms with Crippen LogP contribution in [0, 0.1) is 0 Å². The van der Waals surface area contributed by atoms with Crippen molar-refractivity contribution in [2.45, 2.75) is 12.8 Å². The summed E-state index contributed by atoms with van der Waals surface area (Å²) in [6, 6.07) is 6.04. The zero-order valence-electron chi connectivity index (χ0n) is 7.86. The van der Waals surface area contributed by atoms with E-state index in [9.17, 15) is 0 Å². The van der Waals surface area contributed by atoms with Gasteiger partial charge in [0.1, 0.15) is 0 Å². The van der Waals surface area contributed by atoms with Crippen LogP contribution in [0.1, 0.15) is 12.0 Å². The number of rotatable bonds is 3. The van der Waals surface area contributed by atoms with Gasteiger partial charge in [0.2, 0.25) is 6.79 Å². The molecule has 0 unspecified atom stereocenters. The maximum atomic E-state index is 5.43. The lowest BCUT2D eigenvalue weighted by molar-refractivity contribution is 0.174. The molecule has 0 atom stereocenters. The lowest BCUT2D eigenvalue weighted by Gasteiger charge is -2.01. The summed E-state index contributed by atoms with van der Waals surface area (Å²) in [6.07, 6.45) is 2.02. The highest BCUT2D eigenvalue weighted by Gasteiger charge is 2.12. The molecule has 1 aliphatic heterocycles. The first-order valence-electron chi connectivity index (χ1n) is 4.49. The van der Waals surface area contributed by atoms with E-state index >= 15 is 0 Å². The first kappa shape index (κ1) is 11.1. The van der Waals surface area contributed by atoms with Gasteiger partial charge in [0, 0.05) is 0 Å². The quantitative estimate of drug-likeness (QED) is 0.835. The van der Waals surface area contributed by atoms with Crippen molar-refractivity contribution in [3.05, 3.63) is 23.8 Å². The highest BCUT2D eigenvalue weighted by molar-refractivity contribution is 5.85. The second kappa shape index (κ2) is 5.08. The Bertz CT molecular complexity index is 304. The number of halogens is 1. The third kappa shape index (κ3) is 2.30. The summed E-state index contributed by atoms with van der Waals surface area (Å²) >= 11 is 0. The molecule has 0 aliphatic carbocycles. The van der Waals surface area contributed by atoms with Gasteiger partial charge < -0.3 is 15.2 Å². The van der Waals surface area contributed by atoms with E-state index in [1.54, 1.807) is 0 Å². The van der Waals surface area contributed by atoms with Crippen molar-refractivity contribution in [1.82, 2.24) is 0 Å². The average Bonchev–Trinajstić information content (AvgIpc) is 2.61. The minimum absolute atomic E-state index is 0. The van der Waals surface area contributed by atoms with Crippen molar-refractivity contribution in [3.63, 3.8) is 0 Å². The molecule has 2 rings (SSSR count). The molecule has 1 aromatic rings. The molecule has 4 heteroatoms. The number of fused-ring (bicyclic) bond motifs is 1. The van der Waals surface area contributed by atoms with E-state index in [0.717, 1.165) is 30.9 Å². The van der Waals surface area contributed by atoms with Gasteiger partial charge in [-0.1, -0.05) is 6.07 Å². The first-order valence-corrected chi connectivity index (χ1v) is 4.49. The topological polar surface area (TPSA) is 44.5 Å². The molecule has 0 radical (unpaired) electrons. The molecule has 1 aliphatic rings. The van der Waals surface area contributed by atoms with Gasteiger partial charge in [0.15, 0.2) is 11.5 Å². The Morgan fingerprint density at radius 3 is 2.79 bits per heavy atom. The van der Waals surface area contributed by atoms with Crippen molar-refractivity contribution in [3.8, 4) is 11.5 Å². The molecule has 2 N–H and O–H groups in total. The predicted octanol–water partition coefficient (Wildman–Crippen LogP) is 1.73. The molecule has 0 aromatic heterocycles. The summed E-state index contributed by atoms with van der Waals surface area (Å²) in [7, 11) is 0. The molecule has 0 amide bonds. The summed E-state index contributed by atoms with van der Waals surface area (Å²) in [5, 5.41) is 0. The summed E-state index contributed by atoms with van der Waals surface area (Å²) in [6.45, 7) is 1.07. The second-order valence-electron chi connectivity index (χ2n) is 3.08. The minimum Gasteiger partial charge on any atom is -0.454 e. The Hall–Kier alpha value is -0.930. The average molecular weight is 216 g/mol. The fourth-order valence-corrected chi connectivity index (χ4v) is 1.40. The number of nitrogens with two attached hydrogens (primary N) is 1. The largest absolute Gasteiger partial charge is 0.454 e. The number of ether oxygens (including phenoxy) is 2. The summed E-state index contributed by atoms with van der Waals surface area (Å²) < 4.78 is 10.5. The number of hydrogen-bond donors (Lipinski definition) is 1. The number of hydrogen-bond acceptors (Lipinski definition) is 3. The van der Waals surface area contributed by atoms with E-state index < -0.39 is 0 Å². The normalized spacial score (nSPS) is 12.4. The smallest absolute Gasteiger partial charge is 0.231 e. The van der Waals surface area contributed by atoms with Crippen LogP contribution in [0.25, 0.3) is 0 Å². The van der Waals surface area contributed by atoms with Gasteiger partial charge in [-0.25, -0.2) is 0 Å². The Balaban J connectivity index is 0.000000980. The molecule has 78 valence electrons. The van der Waals surface area contributed by atoms with Gasteiger partial charge in [-0.15, -0.1) is 12.4 Å². The molecule has 3 nitrogen and oxygen atoms in total. The van der Waals surface area contributed by atoms with Gasteiger partial charge in [-0.2, -0.15) is 0 Å². The van der Waals surface area contributed by atoms with Gasteiger partial charge in [-0.3, -0.25) is 0 Å². The Kier molecular flexibility index (Phi) is 4.04.